The van der Waals surface area contributed by atoms with Gasteiger partial charge >= 0.3 is 5.97 Å². The first-order valence-electron chi connectivity index (χ1n) is 5.10. The first-order valence-corrected chi connectivity index (χ1v) is 6.29. The van der Waals surface area contributed by atoms with E-state index in [1.54, 1.807) is 0 Å². The van der Waals surface area contributed by atoms with Gasteiger partial charge in [0.2, 0.25) is 0 Å². The second-order valence-electron chi connectivity index (χ2n) is 4.18. The molecule has 0 saturated heterocycles. The van der Waals surface area contributed by atoms with Crippen molar-refractivity contribution in [2.24, 2.45) is 5.41 Å². The number of rotatable bonds is 3. The van der Waals surface area contributed by atoms with Crippen LogP contribution in [0.25, 0.3) is 0 Å². The molecule has 2 nitrogen and oxygen atoms in total. The Morgan fingerprint density at radius 3 is 2.60 bits per heavy atom. The molecule has 1 saturated carbocycles. The third-order valence-corrected chi connectivity index (χ3v) is 4.39. The molecule has 0 atom stereocenters. The Morgan fingerprint density at radius 2 is 2.13 bits per heavy atom. The number of halogens is 1. The van der Waals surface area contributed by atoms with Gasteiger partial charge in [-0.05, 0) is 31.4 Å². The van der Waals surface area contributed by atoms with E-state index < -0.39 is 11.4 Å². The number of hydrogen-bond donors (Lipinski definition) is 1. The molecule has 1 heterocycles. The summed E-state index contributed by atoms with van der Waals surface area (Å²) in [5, 5.41) is 9.30. The van der Waals surface area contributed by atoms with Gasteiger partial charge in [0.25, 0.3) is 0 Å². The Morgan fingerprint density at radius 1 is 1.47 bits per heavy atom. The minimum Gasteiger partial charge on any atom is -0.481 e. The van der Waals surface area contributed by atoms with Crippen molar-refractivity contribution >= 4 is 28.9 Å². The molecule has 82 valence electrons. The van der Waals surface area contributed by atoms with Crippen LogP contribution in [0.3, 0.4) is 0 Å². The van der Waals surface area contributed by atoms with Gasteiger partial charge in [-0.25, -0.2) is 0 Å². The predicted octanol–water partition coefficient (Wildman–Crippen LogP) is 3.59. The van der Waals surface area contributed by atoms with Crippen LogP contribution in [0, 0.1) is 5.41 Å². The molecule has 2 rings (SSSR count). The van der Waals surface area contributed by atoms with Crippen molar-refractivity contribution in [3.8, 4) is 0 Å². The maximum atomic E-state index is 11.3. The zero-order valence-corrected chi connectivity index (χ0v) is 9.90. The van der Waals surface area contributed by atoms with E-state index in [0.717, 1.165) is 34.9 Å². The number of thiophene rings is 1. The highest BCUT2D eigenvalue weighted by atomic mass is 35.5. The van der Waals surface area contributed by atoms with Crippen LogP contribution in [0.4, 0.5) is 0 Å². The zero-order chi connectivity index (χ0) is 10.9. The third-order valence-electron chi connectivity index (χ3n) is 3.16. The first kappa shape index (κ1) is 11.0. The van der Waals surface area contributed by atoms with Crippen LogP contribution >= 0.6 is 22.9 Å². The van der Waals surface area contributed by atoms with Gasteiger partial charge in [0.15, 0.2) is 0 Å². The quantitative estimate of drug-likeness (QED) is 0.882. The normalized spacial score (nSPS) is 19.3. The Hall–Kier alpha value is -0.540. The summed E-state index contributed by atoms with van der Waals surface area (Å²) in [6, 6.07) is 3.78. The van der Waals surface area contributed by atoms with Crippen molar-refractivity contribution in [3.63, 3.8) is 0 Å². The zero-order valence-electron chi connectivity index (χ0n) is 8.33. The highest BCUT2D eigenvalue weighted by Gasteiger charge is 2.41. The van der Waals surface area contributed by atoms with Crippen LogP contribution < -0.4 is 0 Å². The molecule has 1 N–H and O–H groups in total. The first-order chi connectivity index (χ1) is 7.12. The summed E-state index contributed by atoms with van der Waals surface area (Å²) in [6.45, 7) is 0. The number of carboxylic acid groups (broad SMARTS) is 1. The highest BCUT2D eigenvalue weighted by molar-refractivity contribution is 7.16. The lowest BCUT2D eigenvalue weighted by atomic mass is 9.82. The van der Waals surface area contributed by atoms with Gasteiger partial charge in [0, 0.05) is 4.88 Å². The third kappa shape index (κ3) is 2.18. The van der Waals surface area contributed by atoms with Crippen molar-refractivity contribution in [2.45, 2.75) is 32.1 Å². The van der Waals surface area contributed by atoms with Crippen molar-refractivity contribution in [2.75, 3.05) is 0 Å². The fourth-order valence-corrected chi connectivity index (χ4v) is 3.53. The Balaban J connectivity index is 2.17. The number of aliphatic carboxylic acids is 1. The predicted molar refractivity (Wildman–Crippen MR) is 61.6 cm³/mol. The van der Waals surface area contributed by atoms with E-state index in [1.807, 2.05) is 12.1 Å². The molecule has 1 fully saturated rings. The lowest BCUT2D eigenvalue weighted by Crippen LogP contribution is -2.29. The average molecular weight is 245 g/mol. The number of carboxylic acids is 1. The maximum absolute atomic E-state index is 11.3. The van der Waals surface area contributed by atoms with Gasteiger partial charge in [-0.2, -0.15) is 0 Å². The average Bonchev–Trinajstić information content (AvgIpc) is 2.77. The van der Waals surface area contributed by atoms with E-state index in [9.17, 15) is 9.90 Å². The molecular formula is C11H13ClO2S. The molecule has 1 aliphatic carbocycles. The van der Waals surface area contributed by atoms with E-state index in [4.69, 9.17) is 11.6 Å². The fraction of sp³-hybridized carbons (Fsp3) is 0.545. The van der Waals surface area contributed by atoms with Crippen molar-refractivity contribution in [3.05, 3.63) is 21.3 Å². The molecule has 1 aromatic heterocycles. The van der Waals surface area contributed by atoms with Crippen molar-refractivity contribution in [1.29, 1.82) is 0 Å². The molecule has 1 aliphatic rings. The van der Waals surface area contributed by atoms with E-state index in [1.165, 1.54) is 11.3 Å². The molecule has 15 heavy (non-hydrogen) atoms. The minimum atomic E-state index is -0.649. The molecule has 0 aromatic carbocycles. The molecular weight excluding hydrogens is 232 g/mol. The second kappa shape index (κ2) is 4.14. The molecule has 0 unspecified atom stereocenters. The summed E-state index contributed by atoms with van der Waals surface area (Å²) >= 11 is 7.33. The summed E-state index contributed by atoms with van der Waals surface area (Å²) in [4.78, 5) is 12.4. The fourth-order valence-electron chi connectivity index (χ4n) is 2.30. The minimum absolute atomic E-state index is 0.520. The SMILES string of the molecule is O=C(O)C1(Cc2ccc(Cl)s2)CCCC1. The maximum Gasteiger partial charge on any atom is 0.309 e. The lowest BCUT2D eigenvalue weighted by molar-refractivity contribution is -0.148. The van der Waals surface area contributed by atoms with Gasteiger partial charge in [0.05, 0.1) is 9.75 Å². The Labute approximate surface area is 97.9 Å². The van der Waals surface area contributed by atoms with Gasteiger partial charge < -0.3 is 5.11 Å². The molecule has 0 bridgehead atoms. The molecule has 1 aromatic rings. The van der Waals surface area contributed by atoms with Crippen LogP contribution in [0.15, 0.2) is 12.1 Å². The van der Waals surface area contributed by atoms with Gasteiger partial charge in [0.1, 0.15) is 0 Å². The van der Waals surface area contributed by atoms with E-state index in [2.05, 4.69) is 0 Å². The molecule has 0 radical (unpaired) electrons. The smallest absolute Gasteiger partial charge is 0.309 e. The van der Waals surface area contributed by atoms with E-state index in [0.29, 0.717) is 6.42 Å². The van der Waals surface area contributed by atoms with Crippen molar-refractivity contribution in [1.82, 2.24) is 0 Å². The van der Waals surface area contributed by atoms with Gasteiger partial charge in [-0.3, -0.25) is 4.79 Å². The van der Waals surface area contributed by atoms with E-state index in [-0.39, 0.29) is 0 Å². The highest BCUT2D eigenvalue weighted by Crippen LogP contribution is 2.42. The van der Waals surface area contributed by atoms with Gasteiger partial charge in [-0.1, -0.05) is 24.4 Å². The summed E-state index contributed by atoms with van der Waals surface area (Å²) in [5.74, 6) is -0.649. The molecule has 4 heteroatoms. The van der Waals surface area contributed by atoms with Crippen LogP contribution in [0.2, 0.25) is 4.34 Å². The second-order valence-corrected chi connectivity index (χ2v) is 5.97. The van der Waals surface area contributed by atoms with Gasteiger partial charge in [-0.15, -0.1) is 11.3 Å². The van der Waals surface area contributed by atoms with E-state index >= 15 is 0 Å². The number of hydrogen-bond acceptors (Lipinski definition) is 2. The molecule has 0 amide bonds. The van der Waals surface area contributed by atoms with Crippen LogP contribution in [-0.4, -0.2) is 11.1 Å². The topological polar surface area (TPSA) is 37.3 Å². The lowest BCUT2D eigenvalue weighted by Gasteiger charge is -2.22. The van der Waals surface area contributed by atoms with Crippen LogP contribution in [0.1, 0.15) is 30.6 Å². The van der Waals surface area contributed by atoms with Crippen LogP contribution in [0.5, 0.6) is 0 Å². The van der Waals surface area contributed by atoms with Crippen LogP contribution in [-0.2, 0) is 11.2 Å². The van der Waals surface area contributed by atoms with Crippen molar-refractivity contribution < 1.29 is 9.90 Å². The monoisotopic (exact) mass is 244 g/mol. The number of carbonyl (C=O) groups is 1. The molecule has 0 spiro atoms. The molecule has 0 aliphatic heterocycles. The Kier molecular flexibility index (Phi) is 3.03. The largest absolute Gasteiger partial charge is 0.481 e. The summed E-state index contributed by atoms with van der Waals surface area (Å²) in [6.07, 6.45) is 4.31. The summed E-state index contributed by atoms with van der Waals surface area (Å²) < 4.78 is 0.739. The summed E-state index contributed by atoms with van der Waals surface area (Å²) in [5.41, 5.74) is -0.520. The summed E-state index contributed by atoms with van der Waals surface area (Å²) in [7, 11) is 0. The standard InChI is InChI=1S/C11H13ClO2S/c12-9-4-3-8(15-9)7-11(10(13)14)5-1-2-6-11/h3-4H,1-2,5-7H2,(H,13,14). The Bertz CT molecular complexity index is 366.